The summed E-state index contributed by atoms with van der Waals surface area (Å²) in [5, 5.41) is 0. The molecule has 0 saturated carbocycles. The highest BCUT2D eigenvalue weighted by Gasteiger charge is 1.93. The van der Waals surface area contributed by atoms with Gasteiger partial charge in [0.15, 0.2) is 0 Å². The van der Waals surface area contributed by atoms with E-state index in [9.17, 15) is 4.79 Å². The molecule has 0 spiro atoms. The zero-order chi connectivity index (χ0) is 12.5. The SMILES string of the molecule is CC(C)c1ccccc1.O=Cc1ccccc1. The van der Waals surface area contributed by atoms with Crippen LogP contribution in [0.25, 0.3) is 0 Å². The second kappa shape index (κ2) is 7.39. The molecule has 0 unspecified atom stereocenters. The van der Waals surface area contributed by atoms with Crippen LogP contribution in [0.4, 0.5) is 0 Å². The zero-order valence-electron chi connectivity index (χ0n) is 10.3. The van der Waals surface area contributed by atoms with Gasteiger partial charge in [-0.3, -0.25) is 4.79 Å². The van der Waals surface area contributed by atoms with Gasteiger partial charge in [-0.1, -0.05) is 74.5 Å². The van der Waals surface area contributed by atoms with Crippen molar-refractivity contribution >= 4 is 6.29 Å². The number of aldehydes is 1. The molecule has 17 heavy (non-hydrogen) atoms. The van der Waals surface area contributed by atoms with Gasteiger partial charge in [0.05, 0.1) is 0 Å². The summed E-state index contributed by atoms with van der Waals surface area (Å²) in [5.74, 6) is 0.659. The summed E-state index contributed by atoms with van der Waals surface area (Å²) in [6, 6.07) is 19.6. The van der Waals surface area contributed by atoms with Gasteiger partial charge < -0.3 is 0 Å². The van der Waals surface area contributed by atoms with Crippen molar-refractivity contribution in [3.8, 4) is 0 Å². The summed E-state index contributed by atoms with van der Waals surface area (Å²) in [4.78, 5) is 10.0. The molecule has 0 aliphatic heterocycles. The van der Waals surface area contributed by atoms with Crippen LogP contribution in [0, 0.1) is 0 Å². The summed E-state index contributed by atoms with van der Waals surface area (Å²) >= 11 is 0. The number of rotatable bonds is 2. The summed E-state index contributed by atoms with van der Waals surface area (Å²) in [6.07, 6.45) is 0.833. The van der Waals surface area contributed by atoms with E-state index < -0.39 is 0 Å². The van der Waals surface area contributed by atoms with Crippen molar-refractivity contribution in [1.29, 1.82) is 0 Å². The van der Waals surface area contributed by atoms with Gasteiger partial charge in [-0.05, 0) is 11.5 Å². The zero-order valence-corrected chi connectivity index (χ0v) is 10.3. The maximum atomic E-state index is 10.0. The third kappa shape index (κ3) is 5.12. The van der Waals surface area contributed by atoms with Crippen molar-refractivity contribution in [3.05, 3.63) is 71.8 Å². The number of benzene rings is 2. The molecule has 1 heteroatoms. The highest BCUT2D eigenvalue weighted by molar-refractivity contribution is 5.74. The molecular formula is C16H18O. The minimum absolute atomic E-state index is 0.659. The fourth-order valence-electron chi connectivity index (χ4n) is 1.37. The Morgan fingerprint density at radius 1 is 0.824 bits per heavy atom. The Balaban J connectivity index is 0.000000171. The van der Waals surface area contributed by atoms with Gasteiger partial charge in [0.1, 0.15) is 6.29 Å². The van der Waals surface area contributed by atoms with Crippen molar-refractivity contribution < 1.29 is 4.79 Å². The smallest absolute Gasteiger partial charge is 0.150 e. The van der Waals surface area contributed by atoms with Gasteiger partial charge in [-0.15, -0.1) is 0 Å². The molecule has 0 aliphatic carbocycles. The predicted octanol–water partition coefficient (Wildman–Crippen LogP) is 4.31. The molecular weight excluding hydrogens is 208 g/mol. The number of carbonyl (C=O) groups is 1. The van der Waals surface area contributed by atoms with Crippen LogP contribution in [0.15, 0.2) is 60.7 Å². The van der Waals surface area contributed by atoms with Crippen molar-refractivity contribution in [2.45, 2.75) is 19.8 Å². The van der Waals surface area contributed by atoms with Gasteiger partial charge in [0.2, 0.25) is 0 Å². The molecule has 0 fully saturated rings. The van der Waals surface area contributed by atoms with Crippen molar-refractivity contribution in [2.75, 3.05) is 0 Å². The van der Waals surface area contributed by atoms with Crippen LogP contribution in [-0.2, 0) is 0 Å². The first-order chi connectivity index (χ1) is 8.24. The van der Waals surface area contributed by atoms with Crippen LogP contribution in [-0.4, -0.2) is 6.29 Å². The molecule has 88 valence electrons. The van der Waals surface area contributed by atoms with Crippen LogP contribution < -0.4 is 0 Å². The average Bonchev–Trinajstić information content (AvgIpc) is 2.41. The topological polar surface area (TPSA) is 17.1 Å². The summed E-state index contributed by atoms with van der Waals surface area (Å²) in [6.45, 7) is 4.41. The van der Waals surface area contributed by atoms with Gasteiger partial charge >= 0.3 is 0 Å². The number of carbonyl (C=O) groups excluding carboxylic acids is 1. The molecule has 0 amide bonds. The Hall–Kier alpha value is -1.89. The van der Waals surface area contributed by atoms with Crippen LogP contribution in [0.3, 0.4) is 0 Å². The summed E-state index contributed by atoms with van der Waals surface area (Å²) in [7, 11) is 0. The van der Waals surface area contributed by atoms with E-state index in [4.69, 9.17) is 0 Å². The van der Waals surface area contributed by atoms with Crippen LogP contribution in [0.1, 0.15) is 35.7 Å². The number of hydrogen-bond donors (Lipinski definition) is 0. The normalized spacial score (nSPS) is 9.35. The molecule has 2 rings (SSSR count). The highest BCUT2D eigenvalue weighted by atomic mass is 16.1. The lowest BCUT2D eigenvalue weighted by Crippen LogP contribution is -1.83. The molecule has 2 aromatic carbocycles. The summed E-state index contributed by atoms with van der Waals surface area (Å²) < 4.78 is 0. The molecule has 0 saturated heterocycles. The lowest BCUT2D eigenvalue weighted by atomic mass is 10.0. The predicted molar refractivity (Wildman–Crippen MR) is 72.4 cm³/mol. The third-order valence-corrected chi connectivity index (χ3v) is 2.40. The van der Waals surface area contributed by atoms with E-state index >= 15 is 0 Å². The molecule has 0 radical (unpaired) electrons. The second-order valence-corrected chi connectivity index (χ2v) is 4.09. The van der Waals surface area contributed by atoms with E-state index in [0.29, 0.717) is 5.92 Å². The fourth-order valence-corrected chi connectivity index (χ4v) is 1.37. The molecule has 0 N–H and O–H groups in total. The van der Waals surface area contributed by atoms with Gasteiger partial charge in [0, 0.05) is 5.56 Å². The van der Waals surface area contributed by atoms with Gasteiger partial charge in [-0.2, -0.15) is 0 Å². The first-order valence-electron chi connectivity index (χ1n) is 5.79. The van der Waals surface area contributed by atoms with Crippen LogP contribution in [0.2, 0.25) is 0 Å². The van der Waals surface area contributed by atoms with E-state index in [1.165, 1.54) is 5.56 Å². The lowest BCUT2D eigenvalue weighted by Gasteiger charge is -2.01. The Labute approximate surface area is 103 Å². The Morgan fingerprint density at radius 3 is 1.59 bits per heavy atom. The van der Waals surface area contributed by atoms with E-state index in [1.54, 1.807) is 12.1 Å². The van der Waals surface area contributed by atoms with E-state index in [-0.39, 0.29) is 0 Å². The van der Waals surface area contributed by atoms with Crippen molar-refractivity contribution in [1.82, 2.24) is 0 Å². The van der Waals surface area contributed by atoms with E-state index in [0.717, 1.165) is 11.8 Å². The standard InChI is InChI=1S/C9H12.C7H6O/c1-8(2)9-6-4-3-5-7-9;8-6-7-4-2-1-3-5-7/h3-8H,1-2H3;1-6H. The van der Waals surface area contributed by atoms with E-state index in [1.807, 2.05) is 24.3 Å². The van der Waals surface area contributed by atoms with Crippen LogP contribution >= 0.6 is 0 Å². The quantitative estimate of drug-likeness (QED) is 0.697. The minimum atomic E-state index is 0.659. The van der Waals surface area contributed by atoms with Gasteiger partial charge in [0.25, 0.3) is 0 Å². The Morgan fingerprint density at radius 2 is 1.29 bits per heavy atom. The molecule has 0 atom stereocenters. The molecule has 0 heterocycles. The largest absolute Gasteiger partial charge is 0.298 e. The first kappa shape index (κ1) is 13.2. The fraction of sp³-hybridized carbons (Fsp3) is 0.188. The maximum absolute atomic E-state index is 10.0. The van der Waals surface area contributed by atoms with Gasteiger partial charge in [-0.25, -0.2) is 0 Å². The monoisotopic (exact) mass is 226 g/mol. The lowest BCUT2D eigenvalue weighted by molar-refractivity contribution is 0.112. The van der Waals surface area contributed by atoms with Crippen molar-refractivity contribution in [3.63, 3.8) is 0 Å². The Bertz CT molecular complexity index is 418. The van der Waals surface area contributed by atoms with Crippen molar-refractivity contribution in [2.24, 2.45) is 0 Å². The summed E-state index contributed by atoms with van der Waals surface area (Å²) in [5.41, 5.74) is 2.14. The minimum Gasteiger partial charge on any atom is -0.298 e. The maximum Gasteiger partial charge on any atom is 0.150 e. The first-order valence-corrected chi connectivity index (χ1v) is 5.79. The Kier molecular flexibility index (Phi) is 5.73. The van der Waals surface area contributed by atoms with Crippen LogP contribution in [0.5, 0.6) is 0 Å². The molecule has 0 aromatic heterocycles. The average molecular weight is 226 g/mol. The molecule has 0 bridgehead atoms. The second-order valence-electron chi connectivity index (χ2n) is 4.09. The van der Waals surface area contributed by atoms with E-state index in [2.05, 4.69) is 38.1 Å². The molecule has 1 nitrogen and oxygen atoms in total. The molecule has 2 aromatic rings. The number of hydrogen-bond acceptors (Lipinski definition) is 1. The molecule has 0 aliphatic rings. The third-order valence-electron chi connectivity index (χ3n) is 2.40. The highest BCUT2D eigenvalue weighted by Crippen LogP contribution is 2.11.